The van der Waals surface area contributed by atoms with Crippen LogP contribution in [0.3, 0.4) is 0 Å². The number of nitrogens with one attached hydrogen (secondary N) is 1. The molecule has 1 fully saturated rings. The van der Waals surface area contributed by atoms with E-state index in [0.717, 1.165) is 12.1 Å². The van der Waals surface area contributed by atoms with Crippen LogP contribution in [0.15, 0.2) is 24.3 Å². The van der Waals surface area contributed by atoms with Crippen molar-refractivity contribution in [2.45, 2.75) is 24.7 Å². The van der Waals surface area contributed by atoms with Crippen LogP contribution in [0.1, 0.15) is 23.6 Å². The third-order valence-corrected chi connectivity index (χ3v) is 2.72. The Hall–Kier alpha value is -1.07. The van der Waals surface area contributed by atoms with Crippen LogP contribution in [0, 0.1) is 0 Å². The summed E-state index contributed by atoms with van der Waals surface area (Å²) in [5.74, 6) is 0. The second kappa shape index (κ2) is 4.07. The molecule has 2 nitrogen and oxygen atoms in total. The number of alkyl halides is 3. The highest BCUT2D eigenvalue weighted by Gasteiger charge is 2.31. The molecule has 0 unspecified atom stereocenters. The molecule has 0 bridgehead atoms. The maximum atomic E-state index is 12.5. The van der Waals surface area contributed by atoms with Gasteiger partial charge in [-0.3, -0.25) is 0 Å². The van der Waals surface area contributed by atoms with Gasteiger partial charge in [0, 0.05) is 12.6 Å². The van der Waals surface area contributed by atoms with E-state index in [1.54, 1.807) is 6.07 Å². The highest BCUT2D eigenvalue weighted by Crippen LogP contribution is 2.32. The molecule has 0 saturated carbocycles. The molecule has 2 atom stereocenters. The minimum atomic E-state index is -4.31. The van der Waals surface area contributed by atoms with E-state index in [-0.39, 0.29) is 6.04 Å². The molecule has 0 aromatic heterocycles. The maximum absolute atomic E-state index is 12.5. The molecule has 16 heavy (non-hydrogen) atoms. The number of aliphatic hydroxyl groups is 1. The third-order valence-electron chi connectivity index (χ3n) is 2.72. The van der Waals surface area contributed by atoms with Gasteiger partial charge in [0.05, 0.1) is 11.7 Å². The lowest BCUT2D eigenvalue weighted by Gasteiger charge is -2.13. The van der Waals surface area contributed by atoms with E-state index < -0.39 is 17.8 Å². The fourth-order valence-electron chi connectivity index (χ4n) is 1.90. The molecule has 0 amide bonds. The van der Waals surface area contributed by atoms with Gasteiger partial charge in [0.15, 0.2) is 0 Å². The van der Waals surface area contributed by atoms with Crippen LogP contribution < -0.4 is 5.32 Å². The van der Waals surface area contributed by atoms with Gasteiger partial charge >= 0.3 is 6.18 Å². The van der Waals surface area contributed by atoms with Gasteiger partial charge in [-0.15, -0.1) is 0 Å². The summed E-state index contributed by atoms with van der Waals surface area (Å²) in [6.07, 6.45) is -4.33. The lowest BCUT2D eigenvalue weighted by molar-refractivity contribution is -0.137. The van der Waals surface area contributed by atoms with Crippen molar-refractivity contribution in [1.29, 1.82) is 0 Å². The van der Waals surface area contributed by atoms with Gasteiger partial charge in [0.1, 0.15) is 0 Å². The van der Waals surface area contributed by atoms with E-state index in [1.165, 1.54) is 6.07 Å². The highest BCUT2D eigenvalue weighted by atomic mass is 19.4. The van der Waals surface area contributed by atoms with Crippen molar-refractivity contribution in [1.82, 2.24) is 5.32 Å². The van der Waals surface area contributed by atoms with Crippen LogP contribution >= 0.6 is 0 Å². The van der Waals surface area contributed by atoms with Gasteiger partial charge in [0.25, 0.3) is 0 Å². The predicted octanol–water partition coefficient (Wildman–Crippen LogP) is 2.10. The molecule has 2 N–H and O–H groups in total. The Morgan fingerprint density at radius 2 is 2.06 bits per heavy atom. The number of rotatable bonds is 1. The van der Waals surface area contributed by atoms with E-state index in [0.29, 0.717) is 18.5 Å². The van der Waals surface area contributed by atoms with Gasteiger partial charge in [-0.2, -0.15) is 13.2 Å². The number of aliphatic hydroxyl groups excluding tert-OH is 1. The summed E-state index contributed by atoms with van der Waals surface area (Å²) in [7, 11) is 0. The minimum Gasteiger partial charge on any atom is -0.392 e. The molecular weight excluding hydrogens is 219 g/mol. The number of halogens is 3. The second-order valence-electron chi connectivity index (χ2n) is 3.97. The van der Waals surface area contributed by atoms with Crippen LogP contribution in [-0.2, 0) is 6.18 Å². The Bertz CT molecular complexity index is 378. The Balaban J connectivity index is 2.23. The van der Waals surface area contributed by atoms with Crippen molar-refractivity contribution in [3.05, 3.63) is 35.4 Å². The van der Waals surface area contributed by atoms with Gasteiger partial charge < -0.3 is 10.4 Å². The van der Waals surface area contributed by atoms with Gasteiger partial charge in [-0.05, 0) is 24.1 Å². The summed E-state index contributed by atoms with van der Waals surface area (Å²) in [4.78, 5) is 0. The maximum Gasteiger partial charge on any atom is 0.416 e. The standard InChI is InChI=1S/C11H12F3NO/c12-11(13,14)8-3-1-2-7(4-8)10-5-9(16)6-15-10/h1-4,9-10,15-16H,5-6H2/t9-,10+/m1/s1. The quantitative estimate of drug-likeness (QED) is 0.775. The number of β-amino-alcohol motifs (C(OH)–C–C–N with tert-alkyl or cyclic N) is 1. The van der Waals surface area contributed by atoms with Crippen molar-refractivity contribution >= 4 is 0 Å². The molecule has 1 aromatic rings. The SMILES string of the molecule is O[C@H]1CN[C@H](c2cccc(C(F)(F)F)c2)C1. The average Bonchev–Trinajstić information content (AvgIpc) is 2.64. The van der Waals surface area contributed by atoms with Gasteiger partial charge in [-0.1, -0.05) is 12.1 Å². The Morgan fingerprint density at radius 3 is 2.62 bits per heavy atom. The van der Waals surface area contributed by atoms with Crippen molar-refractivity contribution in [3.8, 4) is 0 Å². The molecular formula is C11H12F3NO. The fourth-order valence-corrected chi connectivity index (χ4v) is 1.90. The Kier molecular flexibility index (Phi) is 2.90. The molecule has 1 aliphatic heterocycles. The van der Waals surface area contributed by atoms with Crippen molar-refractivity contribution < 1.29 is 18.3 Å². The van der Waals surface area contributed by atoms with Crippen molar-refractivity contribution in [2.24, 2.45) is 0 Å². The summed E-state index contributed by atoms with van der Waals surface area (Å²) >= 11 is 0. The first-order valence-electron chi connectivity index (χ1n) is 5.05. The monoisotopic (exact) mass is 231 g/mol. The van der Waals surface area contributed by atoms with E-state index in [1.807, 2.05) is 0 Å². The van der Waals surface area contributed by atoms with Crippen LogP contribution in [-0.4, -0.2) is 17.8 Å². The molecule has 2 rings (SSSR count). The average molecular weight is 231 g/mol. The summed E-state index contributed by atoms with van der Waals surface area (Å²) in [5, 5.41) is 12.3. The Morgan fingerprint density at radius 1 is 1.31 bits per heavy atom. The summed E-state index contributed by atoms with van der Waals surface area (Å²) in [6.45, 7) is 0.431. The van der Waals surface area contributed by atoms with E-state index in [2.05, 4.69) is 5.32 Å². The van der Waals surface area contributed by atoms with Crippen LogP contribution in [0.4, 0.5) is 13.2 Å². The Labute approximate surface area is 91.1 Å². The largest absolute Gasteiger partial charge is 0.416 e. The minimum absolute atomic E-state index is 0.183. The summed E-state index contributed by atoms with van der Waals surface area (Å²) in [5.41, 5.74) is -0.0698. The van der Waals surface area contributed by atoms with E-state index in [4.69, 9.17) is 0 Å². The fraction of sp³-hybridized carbons (Fsp3) is 0.455. The smallest absolute Gasteiger partial charge is 0.392 e. The van der Waals surface area contributed by atoms with Crippen LogP contribution in [0.2, 0.25) is 0 Å². The summed E-state index contributed by atoms with van der Waals surface area (Å²) in [6, 6.07) is 5.04. The molecule has 0 radical (unpaired) electrons. The lowest BCUT2D eigenvalue weighted by atomic mass is 10.0. The zero-order valence-corrected chi connectivity index (χ0v) is 8.46. The highest BCUT2D eigenvalue weighted by molar-refractivity contribution is 5.28. The zero-order valence-electron chi connectivity index (χ0n) is 8.46. The normalized spacial score (nSPS) is 26.0. The molecule has 0 aliphatic carbocycles. The first kappa shape index (κ1) is 11.4. The topological polar surface area (TPSA) is 32.3 Å². The van der Waals surface area contributed by atoms with Gasteiger partial charge in [0.2, 0.25) is 0 Å². The van der Waals surface area contributed by atoms with E-state index in [9.17, 15) is 18.3 Å². The predicted molar refractivity (Wildman–Crippen MR) is 52.8 cm³/mol. The second-order valence-corrected chi connectivity index (χ2v) is 3.97. The molecule has 88 valence electrons. The van der Waals surface area contributed by atoms with Crippen LogP contribution in [0.5, 0.6) is 0 Å². The van der Waals surface area contributed by atoms with Crippen LogP contribution in [0.25, 0.3) is 0 Å². The first-order chi connectivity index (χ1) is 7.47. The molecule has 0 spiro atoms. The van der Waals surface area contributed by atoms with Crippen molar-refractivity contribution in [3.63, 3.8) is 0 Å². The molecule has 5 heteroatoms. The molecule has 1 aromatic carbocycles. The molecule has 1 saturated heterocycles. The van der Waals surface area contributed by atoms with E-state index >= 15 is 0 Å². The number of hydrogen-bond donors (Lipinski definition) is 2. The zero-order chi connectivity index (χ0) is 11.8. The molecule has 1 aliphatic rings. The summed E-state index contributed by atoms with van der Waals surface area (Å²) < 4.78 is 37.4. The third kappa shape index (κ3) is 2.36. The lowest BCUT2D eigenvalue weighted by Crippen LogP contribution is -2.15. The number of hydrogen-bond acceptors (Lipinski definition) is 2. The number of benzene rings is 1. The molecule has 1 heterocycles. The van der Waals surface area contributed by atoms with Crippen molar-refractivity contribution in [2.75, 3.05) is 6.54 Å². The van der Waals surface area contributed by atoms with Gasteiger partial charge in [-0.25, -0.2) is 0 Å². The first-order valence-corrected chi connectivity index (χ1v) is 5.05.